The van der Waals surface area contributed by atoms with E-state index < -0.39 is 0 Å². The van der Waals surface area contributed by atoms with Crippen LogP contribution in [0.15, 0.2) is 42.7 Å². The monoisotopic (exact) mass is 272 g/mol. The maximum Gasteiger partial charge on any atom is 0.137 e. The highest BCUT2D eigenvalue weighted by Gasteiger charge is 1.94. The molecule has 0 unspecified atom stereocenters. The maximum atomic E-state index is 4.13. The number of benzene rings is 1. The fourth-order valence-corrected chi connectivity index (χ4v) is 1.02. The second-order valence-electron chi connectivity index (χ2n) is 2.30. The molecule has 0 saturated carbocycles. The minimum Gasteiger partial charge on any atom is -0.345 e. The van der Waals surface area contributed by atoms with Crippen molar-refractivity contribution in [1.82, 2.24) is 9.97 Å². The molecule has 0 fully saturated rings. The summed E-state index contributed by atoms with van der Waals surface area (Å²) in [6, 6.07) is 10.0. The number of hydrogen-bond donors (Lipinski definition) is 1. The summed E-state index contributed by atoms with van der Waals surface area (Å²) >= 11 is 0. The fraction of sp³-hybridized carbons (Fsp3) is 0. The lowest BCUT2D eigenvalue weighted by atomic mass is 10.2. The standard InChI is InChI=1S/C9H8N2.HI/c1-2-4-8(5-3-1)9-10-6-7-11-9;/h1-7H,(H,10,11);1H. The van der Waals surface area contributed by atoms with Crippen molar-refractivity contribution in [2.75, 3.05) is 0 Å². The van der Waals surface area contributed by atoms with E-state index in [1.807, 2.05) is 36.5 Å². The van der Waals surface area contributed by atoms with Gasteiger partial charge in [0.1, 0.15) is 5.82 Å². The Morgan fingerprint density at radius 3 is 2.42 bits per heavy atom. The molecule has 0 radical (unpaired) electrons. The molecule has 0 saturated heterocycles. The van der Waals surface area contributed by atoms with Gasteiger partial charge in [0.2, 0.25) is 0 Å². The molecule has 0 aliphatic heterocycles. The van der Waals surface area contributed by atoms with Crippen LogP contribution in [0.5, 0.6) is 0 Å². The quantitative estimate of drug-likeness (QED) is 0.794. The van der Waals surface area contributed by atoms with Crippen LogP contribution in [0.3, 0.4) is 0 Å². The van der Waals surface area contributed by atoms with E-state index in [9.17, 15) is 0 Å². The van der Waals surface area contributed by atoms with Crippen molar-refractivity contribution < 1.29 is 0 Å². The van der Waals surface area contributed by atoms with E-state index in [0.717, 1.165) is 11.4 Å². The van der Waals surface area contributed by atoms with Crippen LogP contribution in [0.2, 0.25) is 0 Å². The van der Waals surface area contributed by atoms with Gasteiger partial charge in [0.15, 0.2) is 0 Å². The molecule has 2 nitrogen and oxygen atoms in total. The van der Waals surface area contributed by atoms with Gasteiger partial charge in [0.05, 0.1) is 0 Å². The average molecular weight is 272 g/mol. The summed E-state index contributed by atoms with van der Waals surface area (Å²) in [6.45, 7) is 0. The fourth-order valence-electron chi connectivity index (χ4n) is 1.02. The van der Waals surface area contributed by atoms with Crippen LogP contribution in [0.4, 0.5) is 0 Å². The van der Waals surface area contributed by atoms with Crippen molar-refractivity contribution in [2.24, 2.45) is 0 Å². The Kier molecular flexibility index (Phi) is 3.28. The highest BCUT2D eigenvalue weighted by atomic mass is 127. The van der Waals surface area contributed by atoms with E-state index in [-0.39, 0.29) is 24.0 Å². The zero-order valence-corrected chi connectivity index (χ0v) is 8.73. The first kappa shape index (κ1) is 9.25. The van der Waals surface area contributed by atoms with Crippen LogP contribution in [-0.4, -0.2) is 9.97 Å². The van der Waals surface area contributed by atoms with Gasteiger partial charge >= 0.3 is 0 Å². The van der Waals surface area contributed by atoms with Gasteiger partial charge in [-0.15, -0.1) is 24.0 Å². The molecule has 1 aromatic heterocycles. The third kappa shape index (κ3) is 1.85. The first-order valence-corrected chi connectivity index (χ1v) is 3.51. The largest absolute Gasteiger partial charge is 0.345 e. The summed E-state index contributed by atoms with van der Waals surface area (Å²) in [5, 5.41) is 0. The van der Waals surface area contributed by atoms with Crippen molar-refractivity contribution in [3.63, 3.8) is 0 Å². The highest BCUT2D eigenvalue weighted by molar-refractivity contribution is 14.0. The summed E-state index contributed by atoms with van der Waals surface area (Å²) in [4.78, 5) is 7.17. The predicted octanol–water partition coefficient (Wildman–Crippen LogP) is 2.69. The van der Waals surface area contributed by atoms with E-state index in [0.29, 0.717) is 0 Å². The Hall–Kier alpha value is -0.840. The molecule has 0 aliphatic carbocycles. The molecular formula is C9H9IN2. The van der Waals surface area contributed by atoms with Crippen molar-refractivity contribution in [2.45, 2.75) is 0 Å². The first-order valence-electron chi connectivity index (χ1n) is 3.51. The Labute approximate surface area is 88.1 Å². The number of rotatable bonds is 1. The van der Waals surface area contributed by atoms with Crippen LogP contribution >= 0.6 is 24.0 Å². The van der Waals surface area contributed by atoms with E-state index in [1.54, 1.807) is 6.20 Å². The molecule has 3 heteroatoms. The molecule has 2 aromatic rings. The Bertz CT molecular complexity index is 316. The zero-order chi connectivity index (χ0) is 7.52. The van der Waals surface area contributed by atoms with Gasteiger partial charge in [-0.05, 0) is 0 Å². The Balaban J connectivity index is 0.000000720. The molecule has 0 amide bonds. The summed E-state index contributed by atoms with van der Waals surface area (Å²) < 4.78 is 0. The second kappa shape index (κ2) is 4.25. The molecule has 62 valence electrons. The summed E-state index contributed by atoms with van der Waals surface area (Å²) in [7, 11) is 0. The minimum atomic E-state index is 0. The number of imidazole rings is 1. The maximum absolute atomic E-state index is 4.13. The molecule has 1 N–H and O–H groups in total. The summed E-state index contributed by atoms with van der Waals surface area (Å²) in [5.41, 5.74) is 1.12. The Morgan fingerprint density at radius 2 is 1.83 bits per heavy atom. The van der Waals surface area contributed by atoms with Crippen molar-refractivity contribution in [1.29, 1.82) is 0 Å². The SMILES string of the molecule is I.c1ccc(-c2ncc[nH]2)cc1. The number of hydrogen-bond acceptors (Lipinski definition) is 1. The number of nitrogens with one attached hydrogen (secondary N) is 1. The van der Waals surface area contributed by atoms with Crippen LogP contribution in [0.1, 0.15) is 0 Å². The molecule has 0 atom stereocenters. The smallest absolute Gasteiger partial charge is 0.137 e. The number of H-pyrrole nitrogens is 1. The molecule has 0 aliphatic rings. The second-order valence-corrected chi connectivity index (χ2v) is 2.30. The third-order valence-corrected chi connectivity index (χ3v) is 1.55. The third-order valence-electron chi connectivity index (χ3n) is 1.55. The van der Waals surface area contributed by atoms with Gasteiger partial charge in [0, 0.05) is 18.0 Å². The van der Waals surface area contributed by atoms with Gasteiger partial charge in [-0.3, -0.25) is 0 Å². The molecule has 0 spiro atoms. The van der Waals surface area contributed by atoms with Gasteiger partial charge in [-0.1, -0.05) is 30.3 Å². The minimum absolute atomic E-state index is 0. The van der Waals surface area contributed by atoms with Crippen LogP contribution in [-0.2, 0) is 0 Å². The van der Waals surface area contributed by atoms with Gasteiger partial charge in [-0.25, -0.2) is 4.98 Å². The number of aromatic nitrogens is 2. The molecule has 12 heavy (non-hydrogen) atoms. The molecular weight excluding hydrogens is 263 g/mol. The molecule has 1 heterocycles. The van der Waals surface area contributed by atoms with E-state index in [4.69, 9.17) is 0 Å². The van der Waals surface area contributed by atoms with Crippen LogP contribution in [0, 0.1) is 0 Å². The Morgan fingerprint density at radius 1 is 1.08 bits per heavy atom. The number of halogens is 1. The lowest BCUT2D eigenvalue weighted by molar-refractivity contribution is 1.31. The van der Waals surface area contributed by atoms with Gasteiger partial charge in [-0.2, -0.15) is 0 Å². The predicted molar refractivity (Wildman–Crippen MR) is 59.4 cm³/mol. The van der Waals surface area contributed by atoms with E-state index in [2.05, 4.69) is 9.97 Å². The van der Waals surface area contributed by atoms with Crippen molar-refractivity contribution in [3.05, 3.63) is 42.7 Å². The van der Waals surface area contributed by atoms with E-state index in [1.165, 1.54) is 0 Å². The topological polar surface area (TPSA) is 28.7 Å². The lowest BCUT2D eigenvalue weighted by Crippen LogP contribution is -1.77. The summed E-state index contributed by atoms with van der Waals surface area (Å²) in [6.07, 6.45) is 3.57. The van der Waals surface area contributed by atoms with Crippen LogP contribution in [0.25, 0.3) is 11.4 Å². The van der Waals surface area contributed by atoms with Gasteiger partial charge < -0.3 is 4.98 Å². The summed E-state index contributed by atoms with van der Waals surface area (Å²) in [5.74, 6) is 0.922. The van der Waals surface area contributed by atoms with Crippen molar-refractivity contribution in [3.8, 4) is 11.4 Å². The average Bonchev–Trinajstić information content (AvgIpc) is 2.58. The number of aromatic amines is 1. The molecule has 2 rings (SSSR count). The highest BCUT2D eigenvalue weighted by Crippen LogP contribution is 2.11. The normalized spacial score (nSPS) is 9.00. The zero-order valence-electron chi connectivity index (χ0n) is 6.40. The number of nitrogens with zero attached hydrogens (tertiary/aromatic N) is 1. The first-order chi connectivity index (χ1) is 5.47. The molecule has 1 aromatic carbocycles. The van der Waals surface area contributed by atoms with Gasteiger partial charge in [0.25, 0.3) is 0 Å². The van der Waals surface area contributed by atoms with Crippen LogP contribution < -0.4 is 0 Å². The van der Waals surface area contributed by atoms with E-state index >= 15 is 0 Å². The lowest BCUT2D eigenvalue weighted by Gasteiger charge is -1.92. The van der Waals surface area contributed by atoms with Crippen molar-refractivity contribution >= 4 is 24.0 Å². The molecule has 0 bridgehead atoms.